The number of hydrogen-bond acceptors (Lipinski definition) is 2. The van der Waals surface area contributed by atoms with Crippen LogP contribution in [0.5, 0.6) is 0 Å². The molecule has 0 aliphatic rings. The standard InChI is InChI=1S/C10H6ClFN2/c11-8-5-9(10(12)14-6-8)7-1-3-13-4-2-7/h1-6H. The number of halogens is 2. The van der Waals surface area contributed by atoms with Gasteiger partial charge in [-0.15, -0.1) is 0 Å². The molecule has 14 heavy (non-hydrogen) atoms. The van der Waals surface area contributed by atoms with Gasteiger partial charge in [0.15, 0.2) is 0 Å². The number of hydrogen-bond donors (Lipinski definition) is 0. The molecule has 4 heteroatoms. The second-order valence-electron chi connectivity index (χ2n) is 2.73. The fraction of sp³-hybridized carbons (Fsp3) is 0. The maximum Gasteiger partial charge on any atom is 0.220 e. The second kappa shape index (κ2) is 3.72. The lowest BCUT2D eigenvalue weighted by Crippen LogP contribution is -1.88. The molecular formula is C10H6ClFN2. The fourth-order valence-corrected chi connectivity index (χ4v) is 1.31. The van der Waals surface area contributed by atoms with Gasteiger partial charge in [-0.25, -0.2) is 4.98 Å². The van der Waals surface area contributed by atoms with Crippen LogP contribution in [0, 0.1) is 5.95 Å². The van der Waals surface area contributed by atoms with E-state index in [0.29, 0.717) is 16.1 Å². The predicted molar refractivity (Wildman–Crippen MR) is 52.4 cm³/mol. The Morgan fingerprint density at radius 2 is 1.93 bits per heavy atom. The Balaban J connectivity index is 2.57. The van der Waals surface area contributed by atoms with Gasteiger partial charge in [-0.1, -0.05) is 11.6 Å². The van der Waals surface area contributed by atoms with Crippen LogP contribution in [0.4, 0.5) is 4.39 Å². The average molecular weight is 209 g/mol. The summed E-state index contributed by atoms with van der Waals surface area (Å²) in [5, 5.41) is 0.415. The molecule has 2 aromatic rings. The molecule has 0 spiro atoms. The zero-order valence-electron chi connectivity index (χ0n) is 7.11. The number of aromatic nitrogens is 2. The molecule has 0 N–H and O–H groups in total. The van der Waals surface area contributed by atoms with E-state index in [1.807, 2.05) is 0 Å². The van der Waals surface area contributed by atoms with Gasteiger partial charge in [0.05, 0.1) is 5.02 Å². The smallest absolute Gasteiger partial charge is 0.220 e. The van der Waals surface area contributed by atoms with Crippen LogP contribution in [0.15, 0.2) is 36.8 Å². The third-order valence-corrected chi connectivity index (χ3v) is 2.00. The minimum Gasteiger partial charge on any atom is -0.265 e. The molecule has 2 nitrogen and oxygen atoms in total. The third kappa shape index (κ3) is 1.72. The van der Waals surface area contributed by atoms with Crippen molar-refractivity contribution in [3.63, 3.8) is 0 Å². The molecule has 2 aromatic heterocycles. The first kappa shape index (κ1) is 9.09. The molecular weight excluding hydrogens is 203 g/mol. The van der Waals surface area contributed by atoms with Crippen molar-refractivity contribution in [3.8, 4) is 11.1 Å². The summed E-state index contributed by atoms with van der Waals surface area (Å²) in [5.74, 6) is -0.527. The highest BCUT2D eigenvalue weighted by Gasteiger charge is 2.06. The lowest BCUT2D eigenvalue weighted by atomic mass is 10.1. The average Bonchev–Trinajstić information content (AvgIpc) is 2.23. The fourth-order valence-electron chi connectivity index (χ4n) is 1.16. The van der Waals surface area contributed by atoms with Gasteiger partial charge in [0.25, 0.3) is 0 Å². The molecule has 0 radical (unpaired) electrons. The van der Waals surface area contributed by atoms with Crippen molar-refractivity contribution in [3.05, 3.63) is 47.8 Å². The molecule has 0 aromatic carbocycles. The maximum atomic E-state index is 13.3. The predicted octanol–water partition coefficient (Wildman–Crippen LogP) is 2.94. The Morgan fingerprint density at radius 1 is 1.21 bits per heavy atom. The van der Waals surface area contributed by atoms with Crippen LogP contribution in [0.1, 0.15) is 0 Å². The van der Waals surface area contributed by atoms with Crippen molar-refractivity contribution in [1.29, 1.82) is 0 Å². The van der Waals surface area contributed by atoms with Gasteiger partial charge in [-0.3, -0.25) is 4.98 Å². The minimum absolute atomic E-state index is 0.389. The second-order valence-corrected chi connectivity index (χ2v) is 3.16. The third-order valence-electron chi connectivity index (χ3n) is 1.80. The Labute approximate surface area is 85.4 Å². The van der Waals surface area contributed by atoms with E-state index in [9.17, 15) is 4.39 Å². The summed E-state index contributed by atoms with van der Waals surface area (Å²) in [5.41, 5.74) is 1.10. The summed E-state index contributed by atoms with van der Waals surface area (Å²) in [7, 11) is 0. The molecule has 0 bridgehead atoms. The van der Waals surface area contributed by atoms with Crippen molar-refractivity contribution in [1.82, 2.24) is 9.97 Å². The monoisotopic (exact) mass is 208 g/mol. The minimum atomic E-state index is -0.527. The Bertz CT molecular complexity index is 445. The van der Waals surface area contributed by atoms with E-state index in [1.54, 1.807) is 30.6 Å². The molecule has 0 aliphatic carbocycles. The lowest BCUT2D eigenvalue weighted by Gasteiger charge is -2.01. The Kier molecular flexibility index (Phi) is 2.41. The summed E-state index contributed by atoms with van der Waals surface area (Å²) in [6, 6.07) is 4.95. The van der Waals surface area contributed by atoms with Gasteiger partial charge >= 0.3 is 0 Å². The number of nitrogens with zero attached hydrogens (tertiary/aromatic N) is 2. The normalized spacial score (nSPS) is 10.1. The Hall–Kier alpha value is -1.48. The van der Waals surface area contributed by atoms with Gasteiger partial charge in [0.1, 0.15) is 0 Å². The largest absolute Gasteiger partial charge is 0.265 e. The van der Waals surface area contributed by atoms with Gasteiger partial charge in [0, 0.05) is 24.2 Å². The summed E-state index contributed by atoms with van der Waals surface area (Å²) >= 11 is 5.72. The first-order chi connectivity index (χ1) is 6.77. The van der Waals surface area contributed by atoms with Crippen molar-refractivity contribution >= 4 is 11.6 Å². The lowest BCUT2D eigenvalue weighted by molar-refractivity contribution is 0.587. The van der Waals surface area contributed by atoms with Crippen LogP contribution >= 0.6 is 11.6 Å². The van der Waals surface area contributed by atoms with Crippen LogP contribution in [0.25, 0.3) is 11.1 Å². The van der Waals surface area contributed by atoms with Crippen molar-refractivity contribution in [2.24, 2.45) is 0 Å². The quantitative estimate of drug-likeness (QED) is 0.674. The van der Waals surface area contributed by atoms with Gasteiger partial charge in [0.2, 0.25) is 5.95 Å². The van der Waals surface area contributed by atoms with Crippen molar-refractivity contribution in [2.75, 3.05) is 0 Å². The molecule has 2 heterocycles. The van der Waals surface area contributed by atoms with Gasteiger partial charge in [-0.2, -0.15) is 4.39 Å². The highest BCUT2D eigenvalue weighted by Crippen LogP contribution is 2.23. The van der Waals surface area contributed by atoms with Crippen molar-refractivity contribution in [2.45, 2.75) is 0 Å². The van der Waals surface area contributed by atoms with E-state index in [1.165, 1.54) is 6.20 Å². The van der Waals surface area contributed by atoms with Gasteiger partial charge in [-0.05, 0) is 23.8 Å². The first-order valence-electron chi connectivity index (χ1n) is 3.99. The van der Waals surface area contributed by atoms with E-state index in [2.05, 4.69) is 9.97 Å². The zero-order valence-corrected chi connectivity index (χ0v) is 7.87. The van der Waals surface area contributed by atoms with Crippen LogP contribution in [0.2, 0.25) is 5.02 Å². The molecule has 0 unspecified atom stereocenters. The Morgan fingerprint density at radius 3 is 2.64 bits per heavy atom. The molecule has 0 amide bonds. The molecule has 0 atom stereocenters. The molecule has 70 valence electrons. The van der Waals surface area contributed by atoms with E-state index in [0.717, 1.165) is 0 Å². The van der Waals surface area contributed by atoms with Gasteiger partial charge < -0.3 is 0 Å². The first-order valence-corrected chi connectivity index (χ1v) is 4.36. The van der Waals surface area contributed by atoms with Crippen LogP contribution in [0.3, 0.4) is 0 Å². The summed E-state index contributed by atoms with van der Waals surface area (Å²) < 4.78 is 13.3. The molecule has 0 saturated carbocycles. The number of rotatable bonds is 1. The van der Waals surface area contributed by atoms with Crippen LogP contribution in [-0.4, -0.2) is 9.97 Å². The van der Waals surface area contributed by atoms with E-state index >= 15 is 0 Å². The molecule has 0 fully saturated rings. The zero-order chi connectivity index (χ0) is 9.97. The maximum absolute atomic E-state index is 13.3. The van der Waals surface area contributed by atoms with Crippen LogP contribution < -0.4 is 0 Å². The van der Waals surface area contributed by atoms with E-state index in [4.69, 9.17) is 11.6 Å². The summed E-state index contributed by atoms with van der Waals surface area (Å²) in [4.78, 5) is 7.38. The highest BCUT2D eigenvalue weighted by atomic mass is 35.5. The summed E-state index contributed by atoms with van der Waals surface area (Å²) in [6.07, 6.45) is 4.47. The highest BCUT2D eigenvalue weighted by molar-refractivity contribution is 6.30. The van der Waals surface area contributed by atoms with E-state index in [-0.39, 0.29) is 0 Å². The molecule has 0 aliphatic heterocycles. The summed E-state index contributed by atoms with van der Waals surface area (Å²) in [6.45, 7) is 0. The molecule has 0 saturated heterocycles. The molecule has 2 rings (SSSR count). The number of pyridine rings is 2. The van der Waals surface area contributed by atoms with Crippen LogP contribution in [-0.2, 0) is 0 Å². The SMILES string of the molecule is Fc1ncc(Cl)cc1-c1ccncc1. The van der Waals surface area contributed by atoms with E-state index < -0.39 is 5.95 Å². The van der Waals surface area contributed by atoms with Crippen molar-refractivity contribution < 1.29 is 4.39 Å². The topological polar surface area (TPSA) is 25.8 Å².